The van der Waals surface area contributed by atoms with Crippen LogP contribution in [0.3, 0.4) is 0 Å². The Morgan fingerprint density at radius 1 is 0.783 bits per heavy atom. The van der Waals surface area contributed by atoms with Crippen LogP contribution in [0.1, 0.15) is 82.6 Å². The fourth-order valence-electron chi connectivity index (χ4n) is 4.84. The highest BCUT2D eigenvalue weighted by molar-refractivity contribution is 5.22. The van der Waals surface area contributed by atoms with Gasteiger partial charge < -0.3 is 0 Å². The predicted octanol–water partition coefficient (Wildman–Crippen LogP) is 6.85. The van der Waals surface area contributed by atoms with E-state index in [1.165, 1.54) is 63.5 Å². The van der Waals surface area contributed by atoms with Crippen molar-refractivity contribution in [3.8, 4) is 0 Å². The highest BCUT2D eigenvalue weighted by atomic mass is 19.2. The molecule has 0 nitrogen and oxygen atoms in total. The lowest BCUT2D eigenvalue weighted by Crippen LogP contribution is -2.20. The van der Waals surface area contributed by atoms with Gasteiger partial charge in [0.2, 0.25) is 0 Å². The van der Waals surface area contributed by atoms with Crippen molar-refractivity contribution in [2.45, 2.75) is 77.0 Å². The fraction of sp³-hybridized carbons (Fsp3) is 0.714. The normalized spacial score (nSPS) is 32.0. The first-order chi connectivity index (χ1) is 11.2. The summed E-state index contributed by atoms with van der Waals surface area (Å²) in [5, 5.41) is 0. The Hall–Kier alpha value is -0.920. The van der Waals surface area contributed by atoms with E-state index < -0.39 is 11.6 Å². The third-order valence-electron chi connectivity index (χ3n) is 6.47. The zero-order valence-electron chi connectivity index (χ0n) is 14.4. The maximum atomic E-state index is 13.4. The van der Waals surface area contributed by atoms with Gasteiger partial charge in [-0.05, 0) is 73.5 Å². The number of hydrogen-bond acceptors (Lipinski definition) is 0. The summed E-state index contributed by atoms with van der Waals surface area (Å²) in [7, 11) is 0. The summed E-state index contributed by atoms with van der Waals surface area (Å²) >= 11 is 0. The van der Waals surface area contributed by atoms with Crippen molar-refractivity contribution in [1.29, 1.82) is 0 Å². The van der Waals surface area contributed by atoms with Crippen molar-refractivity contribution in [2.24, 2.45) is 17.8 Å². The molecule has 1 aromatic carbocycles. The molecule has 0 atom stereocenters. The summed E-state index contributed by atoms with van der Waals surface area (Å²) in [6.07, 6.45) is 13.3. The zero-order chi connectivity index (χ0) is 16.2. The molecule has 2 aliphatic carbocycles. The third-order valence-corrected chi connectivity index (χ3v) is 6.47. The molecule has 23 heavy (non-hydrogen) atoms. The predicted molar refractivity (Wildman–Crippen MR) is 91.4 cm³/mol. The van der Waals surface area contributed by atoms with E-state index in [1.807, 2.05) is 0 Å². The van der Waals surface area contributed by atoms with E-state index in [0.717, 1.165) is 36.2 Å². The lowest BCUT2D eigenvalue weighted by molar-refractivity contribution is 0.203. The number of benzene rings is 1. The van der Waals surface area contributed by atoms with Gasteiger partial charge in [0.05, 0.1) is 0 Å². The number of halogens is 2. The Labute approximate surface area is 139 Å². The first kappa shape index (κ1) is 16.9. The van der Waals surface area contributed by atoms with E-state index in [1.54, 1.807) is 6.07 Å². The van der Waals surface area contributed by atoms with Gasteiger partial charge in [0.1, 0.15) is 0 Å². The van der Waals surface area contributed by atoms with Gasteiger partial charge in [-0.25, -0.2) is 8.78 Å². The van der Waals surface area contributed by atoms with E-state index in [4.69, 9.17) is 0 Å². The van der Waals surface area contributed by atoms with Crippen molar-refractivity contribution >= 4 is 0 Å². The number of rotatable bonds is 4. The summed E-state index contributed by atoms with van der Waals surface area (Å²) in [6, 6.07) is 4.46. The van der Waals surface area contributed by atoms with Gasteiger partial charge in [-0.2, -0.15) is 0 Å². The molecule has 2 aliphatic rings. The summed E-state index contributed by atoms with van der Waals surface area (Å²) in [6.45, 7) is 2.32. The molecule has 0 bridgehead atoms. The van der Waals surface area contributed by atoms with Crippen molar-refractivity contribution in [3.63, 3.8) is 0 Å². The van der Waals surface area contributed by atoms with Crippen LogP contribution in [0.25, 0.3) is 0 Å². The van der Waals surface area contributed by atoms with Gasteiger partial charge in [0.25, 0.3) is 0 Å². The Bertz CT molecular complexity index is 495. The minimum atomic E-state index is -0.731. The molecule has 3 rings (SSSR count). The lowest BCUT2D eigenvalue weighted by Gasteiger charge is -2.34. The van der Waals surface area contributed by atoms with Crippen LogP contribution in [0, 0.1) is 29.4 Å². The summed E-state index contributed by atoms with van der Waals surface area (Å²) in [4.78, 5) is 0. The second-order valence-corrected chi connectivity index (χ2v) is 7.92. The van der Waals surface area contributed by atoms with Crippen LogP contribution in [0.15, 0.2) is 18.2 Å². The molecule has 0 amide bonds. The van der Waals surface area contributed by atoms with Crippen LogP contribution < -0.4 is 0 Å². The molecule has 0 aliphatic heterocycles. The Morgan fingerprint density at radius 3 is 1.91 bits per heavy atom. The molecule has 128 valence electrons. The van der Waals surface area contributed by atoms with Gasteiger partial charge >= 0.3 is 0 Å². The number of hydrogen-bond donors (Lipinski definition) is 0. The maximum Gasteiger partial charge on any atom is 0.159 e. The van der Waals surface area contributed by atoms with E-state index in [0.29, 0.717) is 5.92 Å². The average molecular weight is 320 g/mol. The topological polar surface area (TPSA) is 0 Å². The molecule has 0 N–H and O–H groups in total. The molecule has 1 aromatic rings. The lowest BCUT2D eigenvalue weighted by atomic mass is 9.72. The first-order valence-corrected chi connectivity index (χ1v) is 9.60. The minimum absolute atomic E-state index is 0.428. The second kappa shape index (κ2) is 7.77. The van der Waals surface area contributed by atoms with Gasteiger partial charge in [-0.3, -0.25) is 0 Å². The minimum Gasteiger partial charge on any atom is -0.204 e. The summed E-state index contributed by atoms with van der Waals surface area (Å²) < 4.78 is 26.5. The quantitative estimate of drug-likeness (QED) is 0.569. The first-order valence-electron chi connectivity index (χ1n) is 9.60. The summed E-state index contributed by atoms with van der Waals surface area (Å²) in [5.41, 5.74) is 0.991. The Balaban J connectivity index is 1.46. The van der Waals surface area contributed by atoms with Crippen LogP contribution in [-0.2, 0) is 0 Å². The van der Waals surface area contributed by atoms with Crippen LogP contribution in [0.4, 0.5) is 8.78 Å². The van der Waals surface area contributed by atoms with E-state index in [9.17, 15) is 8.78 Å². The Kier molecular flexibility index (Phi) is 5.71. The smallest absolute Gasteiger partial charge is 0.159 e. The molecule has 0 spiro atoms. The van der Waals surface area contributed by atoms with Crippen LogP contribution in [0.5, 0.6) is 0 Å². The molecule has 2 saturated carbocycles. The molecule has 0 aromatic heterocycles. The monoisotopic (exact) mass is 320 g/mol. The zero-order valence-corrected chi connectivity index (χ0v) is 14.4. The average Bonchev–Trinajstić information content (AvgIpc) is 2.59. The Morgan fingerprint density at radius 2 is 1.35 bits per heavy atom. The molecule has 0 radical (unpaired) electrons. The molecule has 0 heterocycles. The van der Waals surface area contributed by atoms with Crippen molar-refractivity contribution < 1.29 is 8.78 Å². The van der Waals surface area contributed by atoms with Crippen molar-refractivity contribution in [3.05, 3.63) is 35.4 Å². The molecule has 2 heteroatoms. The van der Waals surface area contributed by atoms with Gasteiger partial charge in [0.15, 0.2) is 11.6 Å². The third kappa shape index (κ3) is 4.33. The largest absolute Gasteiger partial charge is 0.204 e. The van der Waals surface area contributed by atoms with Gasteiger partial charge in [-0.1, -0.05) is 45.1 Å². The van der Waals surface area contributed by atoms with Crippen LogP contribution in [0.2, 0.25) is 0 Å². The summed E-state index contributed by atoms with van der Waals surface area (Å²) in [5.74, 6) is 1.79. The molecule has 0 saturated heterocycles. The van der Waals surface area contributed by atoms with Gasteiger partial charge in [-0.15, -0.1) is 0 Å². The SMILES string of the molecule is CCC1CCC(CC2CCC(c3ccc(F)c(F)c3)CC2)CC1. The second-order valence-electron chi connectivity index (χ2n) is 7.92. The van der Waals surface area contributed by atoms with Crippen LogP contribution >= 0.6 is 0 Å². The fourth-order valence-corrected chi connectivity index (χ4v) is 4.84. The van der Waals surface area contributed by atoms with E-state index in [2.05, 4.69) is 6.92 Å². The van der Waals surface area contributed by atoms with Gasteiger partial charge in [0, 0.05) is 0 Å². The maximum absolute atomic E-state index is 13.4. The molecular weight excluding hydrogens is 290 g/mol. The van der Waals surface area contributed by atoms with Crippen LogP contribution in [-0.4, -0.2) is 0 Å². The van der Waals surface area contributed by atoms with E-state index >= 15 is 0 Å². The molecule has 2 fully saturated rings. The van der Waals surface area contributed by atoms with E-state index in [-0.39, 0.29) is 0 Å². The molecule has 0 unspecified atom stereocenters. The molecular formula is C21H30F2. The van der Waals surface area contributed by atoms with Crippen molar-refractivity contribution in [1.82, 2.24) is 0 Å². The highest BCUT2D eigenvalue weighted by Gasteiger charge is 2.27. The highest BCUT2D eigenvalue weighted by Crippen LogP contribution is 2.41. The van der Waals surface area contributed by atoms with Crippen molar-refractivity contribution in [2.75, 3.05) is 0 Å². The standard InChI is InChI=1S/C21H30F2/c1-2-15-3-5-16(6-4-15)13-17-7-9-18(10-8-17)19-11-12-20(22)21(23)14-19/h11-12,14-18H,2-10,13H2,1H3.